The lowest BCUT2D eigenvalue weighted by Gasteiger charge is -2.35. The molecule has 2 fully saturated rings. The Kier molecular flexibility index (Phi) is 4.78. The highest BCUT2D eigenvalue weighted by atomic mass is 16.5. The van der Waals surface area contributed by atoms with Gasteiger partial charge in [-0.15, -0.1) is 0 Å². The minimum Gasteiger partial charge on any atom is -0.474 e. The monoisotopic (exact) mass is 380 g/mol. The molecule has 0 amide bonds. The van der Waals surface area contributed by atoms with Gasteiger partial charge in [-0.2, -0.15) is 4.98 Å². The summed E-state index contributed by atoms with van der Waals surface area (Å²) < 4.78 is 11.0. The summed E-state index contributed by atoms with van der Waals surface area (Å²) in [4.78, 5) is 17.7. The Hall–Kier alpha value is -2.74. The standard InChI is InChI=1S/C20H24N6O2/c1-2-4-16(3-1)28-20-17-11-15(5-6-18(17)21-13-22-20)26-9-7-25(8-10-26)12-19-23-14-27-24-19/h5-6,11,13-14,16H,1-4,7-10,12H2. The molecule has 28 heavy (non-hydrogen) atoms. The second kappa shape index (κ2) is 7.71. The molecule has 8 heteroatoms. The summed E-state index contributed by atoms with van der Waals surface area (Å²) in [5.41, 5.74) is 2.13. The van der Waals surface area contributed by atoms with Crippen molar-refractivity contribution in [1.29, 1.82) is 0 Å². The normalized spacial score (nSPS) is 18.8. The molecule has 0 unspecified atom stereocenters. The van der Waals surface area contributed by atoms with Crippen LogP contribution in [0.2, 0.25) is 0 Å². The first-order valence-corrected chi connectivity index (χ1v) is 9.99. The van der Waals surface area contributed by atoms with Gasteiger partial charge in [0.15, 0.2) is 5.82 Å². The minimum atomic E-state index is 0.287. The van der Waals surface area contributed by atoms with Crippen LogP contribution in [0.25, 0.3) is 10.9 Å². The first kappa shape index (κ1) is 17.4. The summed E-state index contributed by atoms with van der Waals surface area (Å²) in [6.45, 7) is 4.56. The first-order valence-electron chi connectivity index (χ1n) is 9.99. The largest absolute Gasteiger partial charge is 0.474 e. The van der Waals surface area contributed by atoms with Gasteiger partial charge in [0.1, 0.15) is 12.4 Å². The molecular formula is C20H24N6O2. The zero-order valence-electron chi connectivity index (χ0n) is 15.8. The topological polar surface area (TPSA) is 80.4 Å². The number of hydrogen-bond acceptors (Lipinski definition) is 8. The fraction of sp³-hybridized carbons (Fsp3) is 0.500. The number of hydrogen-bond donors (Lipinski definition) is 0. The fourth-order valence-electron chi connectivity index (χ4n) is 4.10. The Bertz CT molecular complexity index is 918. The number of piperazine rings is 1. The molecule has 0 N–H and O–H groups in total. The molecule has 146 valence electrons. The SMILES string of the molecule is c1nc(OC2CCCC2)c2cc(N3CCN(Cc4ncon4)CC3)ccc2n1. The third kappa shape index (κ3) is 3.64. The maximum atomic E-state index is 6.21. The second-order valence-electron chi connectivity index (χ2n) is 7.52. The van der Waals surface area contributed by atoms with Crippen LogP contribution in [0.5, 0.6) is 5.88 Å². The van der Waals surface area contributed by atoms with Gasteiger partial charge >= 0.3 is 0 Å². The summed E-state index contributed by atoms with van der Waals surface area (Å²) in [6.07, 6.45) is 7.99. The van der Waals surface area contributed by atoms with E-state index in [-0.39, 0.29) is 6.10 Å². The predicted molar refractivity (Wildman–Crippen MR) is 104 cm³/mol. The predicted octanol–water partition coefficient (Wildman–Crippen LogP) is 2.66. The van der Waals surface area contributed by atoms with Gasteiger partial charge in [0, 0.05) is 31.9 Å². The van der Waals surface area contributed by atoms with Crippen molar-refractivity contribution < 1.29 is 9.26 Å². The van der Waals surface area contributed by atoms with Crippen molar-refractivity contribution in [3.8, 4) is 5.88 Å². The van der Waals surface area contributed by atoms with Gasteiger partial charge in [-0.3, -0.25) is 4.90 Å². The van der Waals surface area contributed by atoms with Crippen molar-refractivity contribution in [3.63, 3.8) is 0 Å². The van der Waals surface area contributed by atoms with E-state index in [1.807, 2.05) is 0 Å². The highest BCUT2D eigenvalue weighted by Crippen LogP contribution is 2.30. The summed E-state index contributed by atoms with van der Waals surface area (Å²) >= 11 is 0. The lowest BCUT2D eigenvalue weighted by Crippen LogP contribution is -2.46. The Labute approximate surface area is 163 Å². The highest BCUT2D eigenvalue weighted by Gasteiger charge is 2.21. The van der Waals surface area contributed by atoms with E-state index in [0.717, 1.165) is 68.2 Å². The molecule has 2 aliphatic rings. The molecule has 3 heterocycles. The van der Waals surface area contributed by atoms with E-state index in [2.05, 4.69) is 48.1 Å². The van der Waals surface area contributed by atoms with Crippen LogP contribution in [-0.2, 0) is 6.54 Å². The Balaban J connectivity index is 1.30. The molecule has 1 aromatic carbocycles. The van der Waals surface area contributed by atoms with Gasteiger partial charge in [0.05, 0.1) is 17.4 Å². The molecule has 1 aliphatic heterocycles. The van der Waals surface area contributed by atoms with E-state index in [4.69, 9.17) is 9.26 Å². The maximum absolute atomic E-state index is 6.21. The summed E-state index contributed by atoms with van der Waals surface area (Å²) in [6, 6.07) is 6.39. The number of nitrogens with zero attached hydrogens (tertiary/aromatic N) is 6. The quantitative estimate of drug-likeness (QED) is 0.668. The molecular weight excluding hydrogens is 356 g/mol. The summed E-state index contributed by atoms with van der Waals surface area (Å²) in [5.74, 6) is 1.46. The van der Waals surface area contributed by atoms with Gasteiger partial charge in [0.25, 0.3) is 0 Å². The van der Waals surface area contributed by atoms with E-state index in [1.54, 1.807) is 6.33 Å². The Morgan fingerprint density at radius 1 is 1.04 bits per heavy atom. The number of rotatable bonds is 5. The molecule has 0 radical (unpaired) electrons. The Morgan fingerprint density at radius 3 is 2.68 bits per heavy atom. The van der Waals surface area contributed by atoms with Crippen molar-refractivity contribution in [3.05, 3.63) is 36.7 Å². The zero-order valence-corrected chi connectivity index (χ0v) is 15.8. The fourth-order valence-corrected chi connectivity index (χ4v) is 4.10. The van der Waals surface area contributed by atoms with Crippen molar-refractivity contribution in [2.24, 2.45) is 0 Å². The van der Waals surface area contributed by atoms with Crippen LogP contribution in [-0.4, -0.2) is 57.3 Å². The lowest BCUT2D eigenvalue weighted by atomic mass is 10.2. The van der Waals surface area contributed by atoms with Gasteiger partial charge in [-0.05, 0) is 43.9 Å². The molecule has 8 nitrogen and oxygen atoms in total. The Morgan fingerprint density at radius 2 is 1.89 bits per heavy atom. The van der Waals surface area contributed by atoms with E-state index in [9.17, 15) is 0 Å². The number of ether oxygens (including phenoxy) is 1. The molecule has 3 aromatic rings. The van der Waals surface area contributed by atoms with E-state index in [1.165, 1.54) is 24.9 Å². The molecule has 0 atom stereocenters. The van der Waals surface area contributed by atoms with Gasteiger partial charge in [-0.25, -0.2) is 9.97 Å². The first-order chi connectivity index (χ1) is 13.8. The highest BCUT2D eigenvalue weighted by molar-refractivity contribution is 5.86. The second-order valence-corrected chi connectivity index (χ2v) is 7.52. The van der Waals surface area contributed by atoms with Gasteiger partial charge in [0.2, 0.25) is 12.3 Å². The number of fused-ring (bicyclic) bond motifs is 1. The van der Waals surface area contributed by atoms with Crippen molar-refractivity contribution in [1.82, 2.24) is 25.0 Å². The average molecular weight is 380 g/mol. The van der Waals surface area contributed by atoms with E-state index >= 15 is 0 Å². The van der Waals surface area contributed by atoms with Gasteiger partial charge < -0.3 is 14.2 Å². The van der Waals surface area contributed by atoms with Crippen LogP contribution in [0, 0.1) is 0 Å². The molecule has 1 saturated carbocycles. The van der Waals surface area contributed by atoms with Crippen LogP contribution < -0.4 is 9.64 Å². The van der Waals surface area contributed by atoms with Crippen LogP contribution in [0.3, 0.4) is 0 Å². The van der Waals surface area contributed by atoms with E-state index in [0.29, 0.717) is 0 Å². The maximum Gasteiger partial charge on any atom is 0.224 e. The average Bonchev–Trinajstić information content (AvgIpc) is 3.43. The summed E-state index contributed by atoms with van der Waals surface area (Å²) in [5, 5.41) is 4.91. The van der Waals surface area contributed by atoms with Gasteiger partial charge in [-0.1, -0.05) is 5.16 Å². The van der Waals surface area contributed by atoms with Crippen LogP contribution >= 0.6 is 0 Å². The van der Waals surface area contributed by atoms with Crippen LogP contribution in [0.4, 0.5) is 5.69 Å². The smallest absolute Gasteiger partial charge is 0.224 e. The molecule has 0 bridgehead atoms. The summed E-state index contributed by atoms with van der Waals surface area (Å²) in [7, 11) is 0. The zero-order chi connectivity index (χ0) is 18.8. The van der Waals surface area contributed by atoms with Crippen molar-refractivity contribution in [2.45, 2.75) is 38.3 Å². The number of aromatic nitrogens is 4. The lowest BCUT2D eigenvalue weighted by molar-refractivity contribution is 0.204. The van der Waals surface area contributed by atoms with Crippen molar-refractivity contribution >= 4 is 16.6 Å². The third-order valence-electron chi connectivity index (χ3n) is 5.67. The number of anilines is 1. The minimum absolute atomic E-state index is 0.287. The van der Waals surface area contributed by atoms with E-state index < -0.39 is 0 Å². The molecule has 2 aromatic heterocycles. The third-order valence-corrected chi connectivity index (χ3v) is 5.67. The molecule has 0 spiro atoms. The number of benzene rings is 1. The molecule has 1 saturated heterocycles. The van der Waals surface area contributed by atoms with Crippen LogP contribution in [0.1, 0.15) is 31.5 Å². The molecule has 1 aliphatic carbocycles. The van der Waals surface area contributed by atoms with Crippen LogP contribution in [0.15, 0.2) is 35.4 Å². The van der Waals surface area contributed by atoms with Crippen molar-refractivity contribution in [2.75, 3.05) is 31.1 Å². The molecule has 5 rings (SSSR count).